The van der Waals surface area contributed by atoms with Gasteiger partial charge in [0.05, 0.1) is 11.1 Å². The first kappa shape index (κ1) is 13.6. The van der Waals surface area contributed by atoms with E-state index in [1.165, 1.54) is 0 Å². The topological polar surface area (TPSA) is 91.2 Å². The van der Waals surface area contributed by atoms with Crippen LogP contribution in [0.4, 0.5) is 0 Å². The van der Waals surface area contributed by atoms with Crippen molar-refractivity contribution in [3.05, 3.63) is 49.7 Å². The van der Waals surface area contributed by atoms with Crippen molar-refractivity contribution in [2.24, 2.45) is 4.99 Å². The molecule has 6 nitrogen and oxygen atoms in total. The van der Waals surface area contributed by atoms with E-state index in [1.54, 1.807) is 24.3 Å². The highest BCUT2D eigenvalue weighted by Gasteiger charge is 2.26. The maximum absolute atomic E-state index is 12.3. The molecule has 3 aromatic heterocycles. The molecule has 1 aliphatic heterocycles. The number of halogens is 2. The lowest BCUT2D eigenvalue weighted by Gasteiger charge is -1.99. The number of aromatic amines is 1. The summed E-state index contributed by atoms with van der Waals surface area (Å²) in [7, 11) is 0. The summed E-state index contributed by atoms with van der Waals surface area (Å²) in [4.78, 5) is 27.4. The van der Waals surface area contributed by atoms with Crippen LogP contribution in [0.1, 0.15) is 5.56 Å². The van der Waals surface area contributed by atoms with E-state index in [2.05, 4.69) is 51.8 Å². The van der Waals surface area contributed by atoms with Gasteiger partial charge >= 0.3 is 0 Å². The van der Waals surface area contributed by atoms with Crippen molar-refractivity contribution in [3.63, 3.8) is 0 Å². The number of aromatic hydroxyl groups is 1. The Bertz CT molecular complexity index is 1090. The van der Waals surface area contributed by atoms with Crippen molar-refractivity contribution >= 4 is 54.4 Å². The minimum atomic E-state index is -0.431. The Morgan fingerprint density at radius 2 is 1.77 bits per heavy atom. The molecule has 0 spiro atoms. The largest absolute Gasteiger partial charge is 0.494 e. The second-order valence-electron chi connectivity index (χ2n) is 4.68. The number of pyridine rings is 2. The number of nitrogens with zero attached hydrogens (tertiary/aromatic N) is 3. The number of rotatable bonds is 1. The summed E-state index contributed by atoms with van der Waals surface area (Å²) in [5, 5.41) is 11.5. The third-order valence-corrected chi connectivity index (χ3v) is 4.27. The molecule has 0 saturated heterocycles. The van der Waals surface area contributed by atoms with Gasteiger partial charge in [0.25, 0.3) is 5.91 Å². The Labute approximate surface area is 139 Å². The van der Waals surface area contributed by atoms with E-state index in [9.17, 15) is 9.90 Å². The van der Waals surface area contributed by atoms with Crippen molar-refractivity contribution in [2.75, 3.05) is 0 Å². The number of hydrogen-bond donors (Lipinski definition) is 2. The quantitative estimate of drug-likeness (QED) is 0.583. The van der Waals surface area contributed by atoms with Crippen molar-refractivity contribution in [1.29, 1.82) is 0 Å². The van der Waals surface area contributed by atoms with E-state index < -0.39 is 5.91 Å². The smallest absolute Gasteiger partial charge is 0.280 e. The van der Waals surface area contributed by atoms with Crippen LogP contribution in [0.25, 0.3) is 16.6 Å². The monoisotopic (exact) mass is 420 g/mol. The van der Waals surface area contributed by atoms with E-state index in [0.29, 0.717) is 42.1 Å². The molecule has 0 unspecified atom stereocenters. The lowest BCUT2D eigenvalue weighted by molar-refractivity contribution is -0.112. The molecule has 108 valence electrons. The van der Waals surface area contributed by atoms with Crippen molar-refractivity contribution in [2.45, 2.75) is 0 Å². The third-order valence-electron chi connectivity index (χ3n) is 3.39. The molecule has 1 aliphatic rings. The van der Waals surface area contributed by atoms with Crippen LogP contribution in [0.3, 0.4) is 0 Å². The molecule has 0 aliphatic carbocycles. The highest BCUT2D eigenvalue weighted by molar-refractivity contribution is 9.10. The molecule has 4 heterocycles. The first-order valence-corrected chi connectivity index (χ1v) is 7.80. The number of hydrogen-bond acceptors (Lipinski definition) is 4. The first-order chi connectivity index (χ1) is 10.5. The lowest BCUT2D eigenvalue weighted by Crippen LogP contribution is -2.26. The highest BCUT2D eigenvalue weighted by atomic mass is 79.9. The fraction of sp³-hybridized carbons (Fsp3) is 0. The van der Waals surface area contributed by atoms with Crippen LogP contribution in [-0.4, -0.2) is 26.0 Å². The molecule has 4 rings (SSSR count). The van der Waals surface area contributed by atoms with Crippen LogP contribution in [0.5, 0.6) is 5.88 Å². The minimum absolute atomic E-state index is 0.116. The Morgan fingerprint density at radius 1 is 1.05 bits per heavy atom. The predicted octanol–water partition coefficient (Wildman–Crippen LogP) is 1.55. The standard InChI is InChI=1S/C14H6Br2N4O2/c15-7-3-1-5-9(13(21)19-11(5)17-7)10-6-2-4-8(16)18-12(6)20-14(10)22/h1-4,21H,(H,17,19). The van der Waals surface area contributed by atoms with Crippen molar-refractivity contribution in [3.8, 4) is 5.88 Å². The van der Waals surface area contributed by atoms with Gasteiger partial charge in [-0.2, -0.15) is 4.99 Å². The fourth-order valence-electron chi connectivity index (χ4n) is 2.50. The third kappa shape index (κ3) is 1.91. The zero-order valence-corrected chi connectivity index (χ0v) is 13.9. The van der Waals surface area contributed by atoms with Crippen LogP contribution in [-0.2, 0) is 4.79 Å². The molecule has 0 aromatic carbocycles. The summed E-state index contributed by atoms with van der Waals surface area (Å²) >= 11 is 6.53. The minimum Gasteiger partial charge on any atom is -0.494 e. The first-order valence-electron chi connectivity index (χ1n) is 6.22. The summed E-state index contributed by atoms with van der Waals surface area (Å²) in [5.41, 5.74) is 1.54. The highest BCUT2D eigenvalue weighted by Crippen LogP contribution is 2.33. The van der Waals surface area contributed by atoms with Crippen molar-refractivity contribution in [1.82, 2.24) is 15.0 Å². The maximum Gasteiger partial charge on any atom is 0.280 e. The molecule has 2 N–H and O–H groups in total. The molecule has 3 aromatic rings. The summed E-state index contributed by atoms with van der Waals surface area (Å²) in [6, 6.07) is 7.01. The van der Waals surface area contributed by atoms with Crippen LogP contribution in [0.15, 0.2) is 38.5 Å². The van der Waals surface area contributed by atoms with E-state index in [-0.39, 0.29) is 5.88 Å². The molecule has 8 heteroatoms. The maximum atomic E-state index is 12.3. The zero-order chi connectivity index (χ0) is 15.4. The molecule has 0 radical (unpaired) electrons. The van der Waals surface area contributed by atoms with Crippen LogP contribution in [0, 0.1) is 0 Å². The van der Waals surface area contributed by atoms with Gasteiger partial charge in [-0.05, 0) is 56.1 Å². The van der Waals surface area contributed by atoms with Gasteiger partial charge in [-0.15, -0.1) is 0 Å². The molecule has 22 heavy (non-hydrogen) atoms. The van der Waals surface area contributed by atoms with Crippen molar-refractivity contribution < 1.29 is 9.90 Å². The molecule has 1 amide bonds. The van der Waals surface area contributed by atoms with Gasteiger partial charge in [-0.1, -0.05) is 0 Å². The fourth-order valence-corrected chi connectivity index (χ4v) is 3.11. The number of H-pyrrole nitrogens is 1. The summed E-state index contributed by atoms with van der Waals surface area (Å²) in [6.45, 7) is 0. The van der Waals surface area contributed by atoms with Gasteiger partial charge in [-0.25, -0.2) is 9.97 Å². The second-order valence-corrected chi connectivity index (χ2v) is 6.30. The number of nitrogens with one attached hydrogen (secondary N) is 1. The Balaban J connectivity index is 2.14. The van der Waals surface area contributed by atoms with Crippen LogP contribution in [0.2, 0.25) is 0 Å². The van der Waals surface area contributed by atoms with E-state index in [4.69, 9.17) is 0 Å². The number of amides is 1. The summed E-state index contributed by atoms with van der Waals surface area (Å²) in [5.74, 6) is -0.547. The number of carbonyl (C=O) groups is 1. The van der Waals surface area contributed by atoms with Gasteiger partial charge in [0.2, 0.25) is 0 Å². The molecule has 0 saturated carbocycles. The van der Waals surface area contributed by atoms with E-state index >= 15 is 0 Å². The van der Waals surface area contributed by atoms with Crippen LogP contribution >= 0.6 is 31.9 Å². The Kier molecular flexibility index (Phi) is 2.92. The normalized spacial score (nSPS) is 13.5. The average molecular weight is 422 g/mol. The van der Waals surface area contributed by atoms with Crippen LogP contribution < -0.4 is 10.7 Å². The number of fused-ring (bicyclic) bond motifs is 2. The molecular formula is C14H6Br2N4O2. The van der Waals surface area contributed by atoms with Gasteiger partial charge < -0.3 is 10.1 Å². The van der Waals surface area contributed by atoms with E-state index in [1.807, 2.05) is 0 Å². The number of carbonyl (C=O) groups excluding carboxylic acids is 1. The molecule has 0 atom stereocenters. The Hall–Kier alpha value is -2.06. The zero-order valence-electron chi connectivity index (χ0n) is 10.8. The Morgan fingerprint density at radius 3 is 2.59 bits per heavy atom. The molecule has 0 fully saturated rings. The van der Waals surface area contributed by atoms with Gasteiger partial charge in [0.15, 0.2) is 11.4 Å². The average Bonchev–Trinajstić information content (AvgIpc) is 2.93. The van der Waals surface area contributed by atoms with Gasteiger partial charge in [0.1, 0.15) is 14.9 Å². The second kappa shape index (κ2) is 4.72. The summed E-state index contributed by atoms with van der Waals surface area (Å²) in [6.07, 6.45) is 0. The van der Waals surface area contributed by atoms with E-state index in [0.717, 1.165) is 0 Å². The molecular weight excluding hydrogens is 416 g/mol. The SMILES string of the molecule is O=C1N=c2nc(Br)ccc2=C1c1c(O)[nH]c2nc(Br)ccc12. The summed E-state index contributed by atoms with van der Waals surface area (Å²) < 4.78 is 1.23. The molecule has 0 bridgehead atoms. The number of aromatic nitrogens is 3. The lowest BCUT2D eigenvalue weighted by atomic mass is 10.0. The van der Waals surface area contributed by atoms with Gasteiger partial charge in [0, 0.05) is 10.6 Å². The van der Waals surface area contributed by atoms with Gasteiger partial charge in [-0.3, -0.25) is 4.79 Å². The predicted molar refractivity (Wildman–Crippen MR) is 85.7 cm³/mol.